The van der Waals surface area contributed by atoms with E-state index < -0.39 is 0 Å². The van der Waals surface area contributed by atoms with E-state index in [1.807, 2.05) is 18.2 Å². The summed E-state index contributed by atoms with van der Waals surface area (Å²) >= 11 is 1.28. The standard InChI is InChI=1S/C13H16N2O2S/c1-9(16)18-8-10-6-13(17)15(7-10)12-5-3-2-4-11(12)14/h2-5,10H,6-8,14H2,1H3. The molecule has 1 heterocycles. The first-order valence-corrected chi connectivity index (χ1v) is 6.84. The molecule has 4 nitrogen and oxygen atoms in total. The van der Waals surface area contributed by atoms with Crippen LogP contribution in [0, 0.1) is 5.92 Å². The summed E-state index contributed by atoms with van der Waals surface area (Å²) in [5, 5.41) is 0.0973. The normalized spacial score (nSPS) is 19.3. The number of amides is 1. The van der Waals surface area contributed by atoms with Gasteiger partial charge in [-0.3, -0.25) is 9.59 Å². The predicted molar refractivity (Wildman–Crippen MR) is 74.5 cm³/mol. The van der Waals surface area contributed by atoms with Crippen molar-refractivity contribution in [3.8, 4) is 0 Å². The third kappa shape index (κ3) is 2.85. The Labute approximate surface area is 111 Å². The fraction of sp³-hybridized carbons (Fsp3) is 0.385. The fourth-order valence-electron chi connectivity index (χ4n) is 2.09. The molecule has 2 N–H and O–H groups in total. The van der Waals surface area contributed by atoms with Crippen molar-refractivity contribution in [2.75, 3.05) is 22.9 Å². The highest BCUT2D eigenvalue weighted by Crippen LogP contribution is 2.30. The van der Waals surface area contributed by atoms with Crippen molar-refractivity contribution in [3.05, 3.63) is 24.3 Å². The van der Waals surface area contributed by atoms with Crippen LogP contribution in [0.15, 0.2) is 24.3 Å². The maximum atomic E-state index is 12.0. The Morgan fingerprint density at radius 1 is 1.50 bits per heavy atom. The quantitative estimate of drug-likeness (QED) is 0.847. The molecule has 0 aromatic heterocycles. The van der Waals surface area contributed by atoms with Crippen LogP contribution in [0.5, 0.6) is 0 Å². The molecular weight excluding hydrogens is 248 g/mol. The first kappa shape index (κ1) is 13.0. The van der Waals surface area contributed by atoms with Gasteiger partial charge in [-0.05, 0) is 18.1 Å². The molecule has 1 aliphatic rings. The van der Waals surface area contributed by atoms with E-state index in [1.54, 1.807) is 17.9 Å². The number of hydrogen-bond acceptors (Lipinski definition) is 4. The van der Waals surface area contributed by atoms with Crippen LogP contribution in [0.2, 0.25) is 0 Å². The van der Waals surface area contributed by atoms with Gasteiger partial charge in [0.2, 0.25) is 5.91 Å². The van der Waals surface area contributed by atoms with Gasteiger partial charge in [0.15, 0.2) is 5.12 Å². The average Bonchev–Trinajstić information content (AvgIpc) is 2.69. The summed E-state index contributed by atoms with van der Waals surface area (Å²) in [6.45, 7) is 2.20. The Kier molecular flexibility index (Phi) is 3.91. The summed E-state index contributed by atoms with van der Waals surface area (Å²) in [6.07, 6.45) is 0.495. The highest BCUT2D eigenvalue weighted by Gasteiger charge is 2.31. The van der Waals surface area contributed by atoms with Crippen molar-refractivity contribution in [1.29, 1.82) is 0 Å². The summed E-state index contributed by atoms with van der Waals surface area (Å²) in [6, 6.07) is 7.37. The molecule has 1 unspecified atom stereocenters. The number of benzene rings is 1. The van der Waals surface area contributed by atoms with Gasteiger partial charge in [0.1, 0.15) is 0 Å². The molecule has 1 amide bonds. The van der Waals surface area contributed by atoms with E-state index in [9.17, 15) is 9.59 Å². The van der Waals surface area contributed by atoms with Crippen LogP contribution >= 0.6 is 11.8 Å². The highest BCUT2D eigenvalue weighted by atomic mass is 32.2. The van der Waals surface area contributed by atoms with Crippen molar-refractivity contribution in [1.82, 2.24) is 0 Å². The van der Waals surface area contributed by atoms with Crippen molar-refractivity contribution in [2.24, 2.45) is 5.92 Å². The maximum absolute atomic E-state index is 12.0. The summed E-state index contributed by atoms with van der Waals surface area (Å²) in [5.41, 5.74) is 7.27. The Bertz CT molecular complexity index is 476. The molecule has 0 aliphatic carbocycles. The molecule has 2 rings (SSSR count). The Morgan fingerprint density at radius 2 is 2.22 bits per heavy atom. The van der Waals surface area contributed by atoms with E-state index in [-0.39, 0.29) is 16.9 Å². The second-order valence-electron chi connectivity index (χ2n) is 4.44. The minimum Gasteiger partial charge on any atom is -0.397 e. The Morgan fingerprint density at radius 3 is 2.89 bits per heavy atom. The summed E-state index contributed by atoms with van der Waals surface area (Å²) in [5.74, 6) is 1.01. The number of nitrogens with zero attached hydrogens (tertiary/aromatic N) is 1. The van der Waals surface area contributed by atoms with Gasteiger partial charge in [0, 0.05) is 25.6 Å². The lowest BCUT2D eigenvalue weighted by atomic mass is 10.1. The number of nitrogens with two attached hydrogens (primary N) is 1. The molecule has 96 valence electrons. The van der Waals surface area contributed by atoms with Crippen LogP contribution in [-0.4, -0.2) is 23.3 Å². The average molecular weight is 264 g/mol. The largest absolute Gasteiger partial charge is 0.397 e. The van der Waals surface area contributed by atoms with Crippen molar-refractivity contribution in [2.45, 2.75) is 13.3 Å². The van der Waals surface area contributed by atoms with E-state index in [0.29, 0.717) is 24.4 Å². The van der Waals surface area contributed by atoms with Crippen molar-refractivity contribution < 1.29 is 9.59 Å². The summed E-state index contributed by atoms with van der Waals surface area (Å²) < 4.78 is 0. The zero-order valence-electron chi connectivity index (χ0n) is 10.3. The zero-order chi connectivity index (χ0) is 13.1. The molecule has 1 aromatic carbocycles. The summed E-state index contributed by atoms with van der Waals surface area (Å²) in [4.78, 5) is 24.6. The number of rotatable bonds is 3. The van der Waals surface area contributed by atoms with Gasteiger partial charge >= 0.3 is 0 Å². The van der Waals surface area contributed by atoms with Crippen molar-refractivity contribution in [3.63, 3.8) is 0 Å². The Balaban J connectivity index is 2.06. The van der Waals surface area contributed by atoms with Gasteiger partial charge in [-0.1, -0.05) is 23.9 Å². The third-order valence-corrected chi connectivity index (χ3v) is 4.00. The van der Waals surface area contributed by atoms with Crippen LogP contribution in [-0.2, 0) is 9.59 Å². The second-order valence-corrected chi connectivity index (χ2v) is 5.63. The molecule has 0 spiro atoms. The lowest BCUT2D eigenvalue weighted by molar-refractivity contribution is -0.117. The molecule has 0 radical (unpaired) electrons. The molecule has 18 heavy (non-hydrogen) atoms. The molecule has 0 bridgehead atoms. The van der Waals surface area contributed by atoms with Crippen LogP contribution in [0.25, 0.3) is 0 Å². The summed E-state index contributed by atoms with van der Waals surface area (Å²) in [7, 11) is 0. The number of thioether (sulfide) groups is 1. The lowest BCUT2D eigenvalue weighted by Gasteiger charge is -2.18. The van der Waals surface area contributed by atoms with Crippen LogP contribution in [0.4, 0.5) is 11.4 Å². The molecule has 1 fully saturated rings. The minimum atomic E-state index is 0.0852. The smallest absolute Gasteiger partial charge is 0.227 e. The van der Waals surface area contributed by atoms with Crippen molar-refractivity contribution >= 4 is 34.2 Å². The van der Waals surface area contributed by atoms with Crippen LogP contribution in [0.1, 0.15) is 13.3 Å². The Hall–Kier alpha value is -1.49. The van der Waals surface area contributed by atoms with E-state index in [1.165, 1.54) is 11.8 Å². The van der Waals surface area contributed by atoms with Crippen LogP contribution < -0.4 is 10.6 Å². The molecule has 1 aliphatic heterocycles. The monoisotopic (exact) mass is 264 g/mol. The van der Waals surface area contributed by atoms with E-state index in [2.05, 4.69) is 0 Å². The third-order valence-electron chi connectivity index (χ3n) is 2.95. The number of nitrogen functional groups attached to an aromatic ring is 1. The minimum absolute atomic E-state index is 0.0852. The van der Waals surface area contributed by atoms with E-state index in [0.717, 1.165) is 5.69 Å². The maximum Gasteiger partial charge on any atom is 0.227 e. The SMILES string of the molecule is CC(=O)SCC1CC(=O)N(c2ccccc2N)C1. The molecular formula is C13H16N2O2S. The number of carbonyl (C=O) groups excluding carboxylic acids is 2. The first-order chi connectivity index (χ1) is 8.58. The van der Waals surface area contributed by atoms with E-state index in [4.69, 9.17) is 5.73 Å². The predicted octanol–water partition coefficient (Wildman–Crippen LogP) is 1.90. The molecule has 1 saturated heterocycles. The van der Waals surface area contributed by atoms with Gasteiger partial charge in [0.25, 0.3) is 0 Å². The second kappa shape index (κ2) is 5.44. The molecule has 1 atom stereocenters. The fourth-order valence-corrected chi connectivity index (χ4v) is 2.79. The van der Waals surface area contributed by atoms with Crippen LogP contribution in [0.3, 0.4) is 0 Å². The van der Waals surface area contributed by atoms with Gasteiger partial charge < -0.3 is 10.6 Å². The number of carbonyl (C=O) groups is 2. The molecule has 1 aromatic rings. The molecule has 0 saturated carbocycles. The van der Waals surface area contributed by atoms with Gasteiger partial charge in [-0.15, -0.1) is 0 Å². The van der Waals surface area contributed by atoms with Gasteiger partial charge in [0.05, 0.1) is 11.4 Å². The number of hydrogen-bond donors (Lipinski definition) is 1. The zero-order valence-corrected chi connectivity index (χ0v) is 11.1. The number of para-hydroxylation sites is 2. The number of anilines is 2. The van der Waals surface area contributed by atoms with Gasteiger partial charge in [-0.25, -0.2) is 0 Å². The topological polar surface area (TPSA) is 63.4 Å². The van der Waals surface area contributed by atoms with E-state index >= 15 is 0 Å². The van der Waals surface area contributed by atoms with Gasteiger partial charge in [-0.2, -0.15) is 0 Å². The first-order valence-electron chi connectivity index (χ1n) is 5.86. The lowest BCUT2D eigenvalue weighted by Crippen LogP contribution is -2.25. The highest BCUT2D eigenvalue weighted by molar-refractivity contribution is 8.13. The molecule has 5 heteroatoms.